The summed E-state index contributed by atoms with van der Waals surface area (Å²) < 4.78 is 0. The molecular formula is C14H29N3O2. The summed E-state index contributed by atoms with van der Waals surface area (Å²) in [5.74, 6) is 0.264. The quantitative estimate of drug-likeness (QED) is 0.659. The Kier molecular flexibility index (Phi) is 6.75. The van der Waals surface area contributed by atoms with Crippen molar-refractivity contribution < 1.29 is 9.90 Å². The van der Waals surface area contributed by atoms with Crippen LogP contribution in [-0.2, 0) is 4.79 Å². The second-order valence-electron chi connectivity index (χ2n) is 6.07. The second kappa shape index (κ2) is 7.82. The van der Waals surface area contributed by atoms with Gasteiger partial charge in [0.25, 0.3) is 0 Å². The number of unbranched alkanes of at least 4 members (excludes halogenated alkanes) is 2. The van der Waals surface area contributed by atoms with E-state index in [1.807, 2.05) is 18.7 Å². The Hall–Kier alpha value is -0.650. The summed E-state index contributed by atoms with van der Waals surface area (Å²) in [4.78, 5) is 16.1. The van der Waals surface area contributed by atoms with Crippen molar-refractivity contribution in [2.45, 2.75) is 45.1 Å². The van der Waals surface area contributed by atoms with Crippen LogP contribution in [0.3, 0.4) is 0 Å². The number of carbonyl (C=O) groups excluding carboxylic acids is 1. The molecule has 1 rings (SSSR count). The molecule has 0 aromatic carbocycles. The molecule has 0 radical (unpaired) electrons. The van der Waals surface area contributed by atoms with Crippen LogP contribution in [0.4, 0.5) is 0 Å². The first kappa shape index (κ1) is 16.4. The van der Waals surface area contributed by atoms with Gasteiger partial charge in [-0.25, -0.2) is 0 Å². The summed E-state index contributed by atoms with van der Waals surface area (Å²) in [5.41, 5.74) is 4.77. The first-order valence-electron chi connectivity index (χ1n) is 7.35. The van der Waals surface area contributed by atoms with Gasteiger partial charge in [0.2, 0.25) is 5.91 Å². The van der Waals surface area contributed by atoms with Crippen LogP contribution in [0.1, 0.15) is 39.5 Å². The summed E-state index contributed by atoms with van der Waals surface area (Å²) in [6, 6.07) is 0. The summed E-state index contributed by atoms with van der Waals surface area (Å²) in [6.07, 6.45) is 3.64. The molecule has 5 heteroatoms. The third-order valence-electron chi connectivity index (χ3n) is 3.43. The highest BCUT2D eigenvalue weighted by Gasteiger charge is 2.24. The van der Waals surface area contributed by atoms with E-state index < -0.39 is 5.60 Å². The zero-order valence-corrected chi connectivity index (χ0v) is 12.4. The fraction of sp³-hybridized carbons (Fsp3) is 0.929. The topological polar surface area (TPSA) is 69.8 Å². The van der Waals surface area contributed by atoms with Crippen LogP contribution in [0.5, 0.6) is 0 Å². The Morgan fingerprint density at radius 2 is 1.79 bits per heavy atom. The van der Waals surface area contributed by atoms with Crippen molar-refractivity contribution >= 4 is 5.91 Å². The lowest BCUT2D eigenvalue weighted by Crippen LogP contribution is -2.51. The molecule has 1 fully saturated rings. The van der Waals surface area contributed by atoms with Crippen molar-refractivity contribution in [3.63, 3.8) is 0 Å². The summed E-state index contributed by atoms with van der Waals surface area (Å²) >= 11 is 0. The van der Waals surface area contributed by atoms with Gasteiger partial charge in [-0.05, 0) is 33.2 Å². The molecule has 3 N–H and O–H groups in total. The van der Waals surface area contributed by atoms with Crippen LogP contribution in [0.25, 0.3) is 0 Å². The van der Waals surface area contributed by atoms with Crippen LogP contribution in [-0.4, -0.2) is 65.7 Å². The lowest BCUT2D eigenvalue weighted by molar-refractivity contribution is -0.133. The molecule has 1 aliphatic rings. The smallest absolute Gasteiger partial charge is 0.222 e. The molecule has 0 saturated carbocycles. The molecule has 0 spiro atoms. The lowest BCUT2D eigenvalue weighted by Gasteiger charge is -2.37. The van der Waals surface area contributed by atoms with Gasteiger partial charge in [-0.3, -0.25) is 9.69 Å². The van der Waals surface area contributed by atoms with Crippen LogP contribution in [0.2, 0.25) is 0 Å². The van der Waals surface area contributed by atoms with E-state index in [-0.39, 0.29) is 5.91 Å². The zero-order chi connectivity index (χ0) is 14.3. The van der Waals surface area contributed by atoms with Gasteiger partial charge in [-0.1, -0.05) is 6.42 Å². The standard InChI is InChI=1S/C14H29N3O2/c1-14(2,19)12-16-8-10-17(11-9-16)13(18)6-4-3-5-7-15/h19H,3-12,15H2,1-2H3. The Morgan fingerprint density at radius 3 is 2.32 bits per heavy atom. The number of nitrogens with zero attached hydrogens (tertiary/aromatic N) is 2. The highest BCUT2D eigenvalue weighted by Crippen LogP contribution is 2.10. The number of hydrogen-bond donors (Lipinski definition) is 2. The minimum Gasteiger partial charge on any atom is -0.389 e. The van der Waals surface area contributed by atoms with Crippen molar-refractivity contribution in [3.05, 3.63) is 0 Å². The van der Waals surface area contributed by atoms with E-state index in [1.165, 1.54) is 0 Å². The first-order chi connectivity index (χ1) is 8.92. The van der Waals surface area contributed by atoms with Gasteiger partial charge >= 0.3 is 0 Å². The number of amides is 1. The molecule has 1 amide bonds. The normalized spacial score (nSPS) is 17.8. The third kappa shape index (κ3) is 6.89. The van der Waals surface area contributed by atoms with Gasteiger partial charge in [0.1, 0.15) is 0 Å². The van der Waals surface area contributed by atoms with Crippen molar-refractivity contribution in [3.8, 4) is 0 Å². The zero-order valence-electron chi connectivity index (χ0n) is 12.4. The van der Waals surface area contributed by atoms with Crippen molar-refractivity contribution in [1.82, 2.24) is 9.80 Å². The van der Waals surface area contributed by atoms with E-state index in [0.717, 1.165) is 45.4 Å². The molecule has 0 aromatic heterocycles. The van der Waals surface area contributed by atoms with E-state index in [4.69, 9.17) is 5.73 Å². The largest absolute Gasteiger partial charge is 0.389 e. The van der Waals surface area contributed by atoms with E-state index in [9.17, 15) is 9.90 Å². The van der Waals surface area contributed by atoms with Crippen LogP contribution < -0.4 is 5.73 Å². The molecule has 19 heavy (non-hydrogen) atoms. The maximum Gasteiger partial charge on any atom is 0.222 e. The van der Waals surface area contributed by atoms with E-state index >= 15 is 0 Å². The molecule has 0 unspecified atom stereocenters. The van der Waals surface area contributed by atoms with E-state index in [0.29, 0.717) is 19.5 Å². The highest BCUT2D eigenvalue weighted by atomic mass is 16.3. The molecular weight excluding hydrogens is 242 g/mol. The minimum atomic E-state index is -0.658. The fourth-order valence-corrected chi connectivity index (χ4v) is 2.46. The van der Waals surface area contributed by atoms with Gasteiger partial charge in [-0.2, -0.15) is 0 Å². The molecule has 0 atom stereocenters. The van der Waals surface area contributed by atoms with Gasteiger partial charge in [0, 0.05) is 39.1 Å². The Balaban J connectivity index is 2.20. The number of carbonyl (C=O) groups is 1. The average molecular weight is 271 g/mol. The molecule has 0 bridgehead atoms. The monoisotopic (exact) mass is 271 g/mol. The van der Waals surface area contributed by atoms with Gasteiger partial charge in [-0.15, -0.1) is 0 Å². The van der Waals surface area contributed by atoms with Crippen molar-refractivity contribution in [2.75, 3.05) is 39.3 Å². The molecule has 1 heterocycles. The van der Waals surface area contributed by atoms with Crippen LogP contribution >= 0.6 is 0 Å². The molecule has 0 aliphatic carbocycles. The predicted octanol–water partition coefficient (Wildman–Crippen LogP) is 0.421. The highest BCUT2D eigenvalue weighted by molar-refractivity contribution is 5.76. The molecule has 112 valence electrons. The lowest BCUT2D eigenvalue weighted by atomic mass is 10.1. The van der Waals surface area contributed by atoms with Crippen LogP contribution in [0, 0.1) is 0 Å². The summed E-state index contributed by atoms with van der Waals surface area (Å²) in [6.45, 7) is 8.31. The SMILES string of the molecule is CC(C)(O)CN1CCN(C(=O)CCCCCN)CC1. The number of hydrogen-bond acceptors (Lipinski definition) is 4. The van der Waals surface area contributed by atoms with Gasteiger partial charge in [0.05, 0.1) is 5.60 Å². The van der Waals surface area contributed by atoms with Gasteiger partial charge < -0.3 is 15.7 Å². The van der Waals surface area contributed by atoms with Gasteiger partial charge in [0.15, 0.2) is 0 Å². The van der Waals surface area contributed by atoms with Crippen molar-refractivity contribution in [1.29, 1.82) is 0 Å². The summed E-state index contributed by atoms with van der Waals surface area (Å²) in [7, 11) is 0. The Labute approximate surface area is 116 Å². The van der Waals surface area contributed by atoms with E-state index in [2.05, 4.69) is 4.90 Å². The van der Waals surface area contributed by atoms with Crippen LogP contribution in [0.15, 0.2) is 0 Å². The molecule has 0 aromatic rings. The number of β-amino-alcohol motifs (C(OH)–C–C–N with tert-alkyl or cyclic N) is 1. The third-order valence-corrected chi connectivity index (χ3v) is 3.43. The number of aliphatic hydroxyl groups is 1. The number of piperazine rings is 1. The molecule has 5 nitrogen and oxygen atoms in total. The van der Waals surface area contributed by atoms with Crippen molar-refractivity contribution in [2.24, 2.45) is 5.73 Å². The Morgan fingerprint density at radius 1 is 1.16 bits per heavy atom. The second-order valence-corrected chi connectivity index (χ2v) is 6.07. The molecule has 1 aliphatic heterocycles. The maximum atomic E-state index is 12.0. The average Bonchev–Trinajstić information content (AvgIpc) is 2.33. The maximum absolute atomic E-state index is 12.0. The predicted molar refractivity (Wildman–Crippen MR) is 76.8 cm³/mol. The number of nitrogens with two attached hydrogens (primary N) is 1. The number of rotatable bonds is 7. The minimum absolute atomic E-state index is 0.264. The summed E-state index contributed by atoms with van der Waals surface area (Å²) in [5, 5.41) is 9.78. The fourth-order valence-electron chi connectivity index (χ4n) is 2.46. The first-order valence-corrected chi connectivity index (χ1v) is 7.35. The Bertz CT molecular complexity index is 268. The molecule has 1 saturated heterocycles. The van der Waals surface area contributed by atoms with E-state index in [1.54, 1.807) is 0 Å².